The fourth-order valence-corrected chi connectivity index (χ4v) is 4.83. The number of nitrogens with zero attached hydrogens (tertiary/aromatic N) is 3. The second kappa shape index (κ2) is 8.48. The van der Waals surface area contributed by atoms with Gasteiger partial charge in [-0.15, -0.1) is 0 Å². The summed E-state index contributed by atoms with van der Waals surface area (Å²) >= 11 is 1.68. The van der Waals surface area contributed by atoms with Crippen molar-refractivity contribution >= 4 is 44.9 Å². The summed E-state index contributed by atoms with van der Waals surface area (Å²) in [6, 6.07) is 14.3. The second-order valence-corrected chi connectivity index (χ2v) is 9.53. The van der Waals surface area contributed by atoms with Crippen LogP contribution in [0.25, 0.3) is 55.6 Å². The van der Waals surface area contributed by atoms with Crippen LogP contribution in [-0.4, -0.2) is 31.1 Å². The van der Waals surface area contributed by atoms with E-state index in [2.05, 4.69) is 59.4 Å². The van der Waals surface area contributed by atoms with Crippen molar-refractivity contribution in [1.82, 2.24) is 25.1 Å². The van der Waals surface area contributed by atoms with Crippen molar-refractivity contribution < 1.29 is 4.79 Å². The molecular weight excluding hydrogens is 456 g/mol. The van der Waals surface area contributed by atoms with E-state index in [9.17, 15) is 4.79 Å². The molecule has 6 aromatic rings. The molecule has 0 atom stereocenters. The van der Waals surface area contributed by atoms with E-state index in [0.29, 0.717) is 5.69 Å². The minimum Gasteiger partial charge on any atom is -0.338 e. The maximum Gasteiger partial charge on any atom is 0.226 e. The first-order chi connectivity index (χ1) is 17.1. The van der Waals surface area contributed by atoms with Crippen LogP contribution in [0.3, 0.4) is 0 Å². The van der Waals surface area contributed by atoms with Gasteiger partial charge in [0.25, 0.3) is 0 Å². The van der Waals surface area contributed by atoms with Gasteiger partial charge < -0.3 is 10.3 Å². The first-order valence-corrected chi connectivity index (χ1v) is 12.3. The molecule has 0 bridgehead atoms. The zero-order chi connectivity index (χ0) is 23.9. The fourth-order valence-electron chi connectivity index (χ4n) is 4.18. The number of H-pyrrole nitrogens is 2. The summed E-state index contributed by atoms with van der Waals surface area (Å²) in [6.45, 7) is 3.73. The number of nitrogens with one attached hydrogen (secondary N) is 3. The number of benzene rings is 1. The number of carbonyl (C=O) groups excluding carboxylic acids is 1. The third kappa shape index (κ3) is 3.87. The van der Waals surface area contributed by atoms with Gasteiger partial charge in [-0.1, -0.05) is 19.9 Å². The number of hydrogen-bond acceptors (Lipinski definition) is 5. The van der Waals surface area contributed by atoms with Crippen LogP contribution in [-0.2, 0) is 4.79 Å². The van der Waals surface area contributed by atoms with Gasteiger partial charge in [0.15, 0.2) is 0 Å². The molecule has 1 aromatic carbocycles. The highest BCUT2D eigenvalue weighted by atomic mass is 32.1. The molecule has 0 radical (unpaired) electrons. The second-order valence-electron chi connectivity index (χ2n) is 8.75. The Morgan fingerprint density at radius 1 is 1.00 bits per heavy atom. The number of rotatable bonds is 5. The molecule has 0 spiro atoms. The van der Waals surface area contributed by atoms with Crippen molar-refractivity contribution in [3.63, 3.8) is 0 Å². The monoisotopic (exact) mass is 478 g/mol. The Morgan fingerprint density at radius 3 is 2.74 bits per heavy atom. The molecular formula is C27H22N6OS. The Balaban J connectivity index is 1.41. The molecule has 0 aliphatic carbocycles. The van der Waals surface area contributed by atoms with Crippen molar-refractivity contribution in [3.05, 3.63) is 71.8 Å². The van der Waals surface area contributed by atoms with E-state index in [4.69, 9.17) is 0 Å². The third-order valence-electron chi connectivity index (χ3n) is 6.05. The van der Waals surface area contributed by atoms with Crippen molar-refractivity contribution in [3.8, 4) is 33.6 Å². The topological polar surface area (TPSA) is 99.3 Å². The van der Waals surface area contributed by atoms with Crippen LogP contribution >= 0.6 is 11.3 Å². The Kier molecular flexibility index (Phi) is 5.15. The highest BCUT2D eigenvalue weighted by Gasteiger charge is 2.15. The molecule has 8 heteroatoms. The number of anilines is 1. The molecule has 0 aliphatic rings. The lowest BCUT2D eigenvalue weighted by atomic mass is 10.0. The number of aromatic nitrogens is 5. The summed E-state index contributed by atoms with van der Waals surface area (Å²) < 4.78 is 0. The highest BCUT2D eigenvalue weighted by Crippen LogP contribution is 2.35. The van der Waals surface area contributed by atoms with Crippen LogP contribution in [0.1, 0.15) is 13.8 Å². The molecule has 0 saturated heterocycles. The van der Waals surface area contributed by atoms with Gasteiger partial charge in [-0.3, -0.25) is 14.9 Å². The highest BCUT2D eigenvalue weighted by molar-refractivity contribution is 7.08. The molecule has 1 amide bonds. The smallest absolute Gasteiger partial charge is 0.226 e. The summed E-state index contributed by atoms with van der Waals surface area (Å²) in [7, 11) is 0. The van der Waals surface area contributed by atoms with Gasteiger partial charge in [-0.05, 0) is 63.8 Å². The lowest BCUT2D eigenvalue weighted by Crippen LogP contribution is -2.17. The van der Waals surface area contributed by atoms with Crippen LogP contribution in [0.5, 0.6) is 0 Å². The number of amides is 1. The first-order valence-electron chi connectivity index (χ1n) is 11.3. The minimum atomic E-state index is -0.102. The van der Waals surface area contributed by atoms with E-state index >= 15 is 0 Å². The summed E-state index contributed by atoms with van der Waals surface area (Å²) in [5.41, 5.74) is 8.39. The van der Waals surface area contributed by atoms with E-state index in [1.165, 1.54) is 5.56 Å². The predicted octanol–water partition coefficient (Wildman–Crippen LogP) is 6.49. The Hall–Kier alpha value is -4.30. The first kappa shape index (κ1) is 21.2. The van der Waals surface area contributed by atoms with Gasteiger partial charge in [0, 0.05) is 34.6 Å². The number of pyridine rings is 2. The number of fused-ring (bicyclic) bond motifs is 2. The van der Waals surface area contributed by atoms with Crippen molar-refractivity contribution in [2.24, 2.45) is 5.92 Å². The summed E-state index contributed by atoms with van der Waals surface area (Å²) in [5.74, 6) is -0.139. The van der Waals surface area contributed by atoms with E-state index in [1.807, 2.05) is 44.3 Å². The van der Waals surface area contributed by atoms with Crippen molar-refractivity contribution in [2.45, 2.75) is 13.8 Å². The van der Waals surface area contributed by atoms with Crippen LogP contribution in [0.2, 0.25) is 0 Å². The van der Waals surface area contributed by atoms with Crippen molar-refractivity contribution in [1.29, 1.82) is 0 Å². The third-order valence-corrected chi connectivity index (χ3v) is 6.73. The normalized spacial score (nSPS) is 11.5. The van der Waals surface area contributed by atoms with Crippen LogP contribution in [0, 0.1) is 5.92 Å². The number of aromatic amines is 2. The molecule has 0 unspecified atom stereocenters. The fraction of sp³-hybridized carbons (Fsp3) is 0.111. The number of carbonyl (C=O) groups is 1. The number of thiophene rings is 1. The Labute approximate surface area is 205 Å². The Morgan fingerprint density at radius 2 is 1.91 bits per heavy atom. The summed E-state index contributed by atoms with van der Waals surface area (Å²) in [5, 5.41) is 16.9. The molecule has 0 saturated carbocycles. The van der Waals surface area contributed by atoms with E-state index < -0.39 is 0 Å². The lowest BCUT2D eigenvalue weighted by Gasteiger charge is -2.09. The van der Waals surface area contributed by atoms with Gasteiger partial charge in [0.2, 0.25) is 5.91 Å². The molecule has 0 aliphatic heterocycles. The molecule has 5 aromatic heterocycles. The van der Waals surface area contributed by atoms with Gasteiger partial charge in [-0.25, -0.2) is 4.98 Å². The predicted molar refractivity (Wildman–Crippen MR) is 141 cm³/mol. The lowest BCUT2D eigenvalue weighted by molar-refractivity contribution is -0.118. The SMILES string of the molecule is CC(C)C(=O)Nc1cncc(-c2ccc3[nH]nc(-c4cc5c(-c6ccsc6)ccnc5[nH]4)c3c2)c1. The molecule has 0 fully saturated rings. The zero-order valence-electron chi connectivity index (χ0n) is 19.2. The van der Waals surface area contributed by atoms with E-state index in [-0.39, 0.29) is 11.8 Å². The maximum atomic E-state index is 12.1. The van der Waals surface area contributed by atoms with Gasteiger partial charge in [-0.2, -0.15) is 16.4 Å². The number of hydrogen-bond donors (Lipinski definition) is 3. The maximum absolute atomic E-state index is 12.1. The Bertz CT molecular complexity index is 1680. The largest absolute Gasteiger partial charge is 0.338 e. The average molecular weight is 479 g/mol. The molecule has 6 rings (SSSR count). The molecule has 5 heterocycles. The quantitative estimate of drug-likeness (QED) is 0.264. The molecule has 35 heavy (non-hydrogen) atoms. The standard InChI is InChI=1S/C27H22N6OS/c1-15(2)27(34)30-19-9-18(12-28-13-19)16-3-4-23-22(10-16)25(33-32-23)24-11-21-20(17-6-8-35-14-17)5-7-29-26(21)31-24/h3-15H,1-2H3,(H,29,31)(H,30,34)(H,32,33). The van der Waals surface area contributed by atoms with Gasteiger partial charge in [0.1, 0.15) is 11.3 Å². The van der Waals surface area contributed by atoms with Crippen LogP contribution in [0.15, 0.2) is 71.8 Å². The molecule has 172 valence electrons. The van der Waals surface area contributed by atoms with E-state index in [0.717, 1.165) is 50.0 Å². The zero-order valence-corrected chi connectivity index (χ0v) is 20.0. The molecule has 3 N–H and O–H groups in total. The van der Waals surface area contributed by atoms with Gasteiger partial charge >= 0.3 is 0 Å². The van der Waals surface area contributed by atoms with Crippen LogP contribution < -0.4 is 5.32 Å². The average Bonchev–Trinajstić information content (AvgIpc) is 3.62. The van der Waals surface area contributed by atoms with E-state index in [1.54, 1.807) is 23.7 Å². The van der Waals surface area contributed by atoms with Gasteiger partial charge in [0.05, 0.1) is 23.1 Å². The minimum absolute atomic E-state index is 0.0363. The summed E-state index contributed by atoms with van der Waals surface area (Å²) in [6.07, 6.45) is 5.29. The van der Waals surface area contributed by atoms with Crippen LogP contribution in [0.4, 0.5) is 5.69 Å². The molecule has 7 nitrogen and oxygen atoms in total. The summed E-state index contributed by atoms with van der Waals surface area (Å²) in [4.78, 5) is 24.4. The van der Waals surface area contributed by atoms with Crippen molar-refractivity contribution in [2.75, 3.05) is 5.32 Å².